The monoisotopic (exact) mass is 536 g/mol. The standard InChI is InChI=1S/C28H28N2O7S/c1-18-5-13-24(14-6-18)38(33,34)29-16-23-12-11-22(37-23)15-25-26(28(32)36-4)19(2)30(27(25)31)17-20-7-9-21(35-3)10-8-20/h5-15,29H,16-17H2,1-4H3/b25-15+. The van der Waals surface area contributed by atoms with E-state index in [9.17, 15) is 18.0 Å². The molecule has 1 N–H and O–H groups in total. The Morgan fingerprint density at radius 2 is 1.68 bits per heavy atom. The topological polar surface area (TPSA) is 115 Å². The molecule has 1 aliphatic heterocycles. The van der Waals surface area contributed by atoms with E-state index in [4.69, 9.17) is 13.9 Å². The number of esters is 1. The van der Waals surface area contributed by atoms with Crippen LogP contribution in [0.5, 0.6) is 5.75 Å². The average molecular weight is 537 g/mol. The average Bonchev–Trinajstić information content (AvgIpc) is 3.46. The first-order valence-electron chi connectivity index (χ1n) is 11.7. The summed E-state index contributed by atoms with van der Waals surface area (Å²) in [4.78, 5) is 27.6. The van der Waals surface area contributed by atoms with E-state index < -0.39 is 16.0 Å². The number of nitrogens with zero attached hydrogens (tertiary/aromatic N) is 1. The summed E-state index contributed by atoms with van der Waals surface area (Å²) in [6.07, 6.45) is 1.46. The number of rotatable bonds is 9. The number of furan rings is 1. The Morgan fingerprint density at radius 1 is 1.00 bits per heavy atom. The Labute approximate surface area is 221 Å². The van der Waals surface area contributed by atoms with Crippen molar-refractivity contribution in [1.29, 1.82) is 0 Å². The van der Waals surface area contributed by atoms with Gasteiger partial charge in [-0.05, 0) is 61.9 Å². The SMILES string of the molecule is COC(=O)C1=C(C)N(Cc2ccc(OC)cc2)C(=O)/C1=C/c1ccc(CNS(=O)(=O)c2ccc(C)cc2)o1. The second-order valence-corrected chi connectivity index (χ2v) is 10.5. The van der Waals surface area contributed by atoms with Crippen LogP contribution in [0.2, 0.25) is 0 Å². The number of carbonyl (C=O) groups is 2. The third-order valence-corrected chi connectivity index (χ3v) is 7.55. The second kappa shape index (κ2) is 11.1. The normalized spacial score (nSPS) is 14.9. The van der Waals surface area contributed by atoms with Crippen molar-refractivity contribution >= 4 is 28.0 Å². The maximum Gasteiger partial charge on any atom is 0.340 e. The van der Waals surface area contributed by atoms with E-state index in [-0.39, 0.29) is 35.0 Å². The quantitative estimate of drug-likeness (QED) is 0.325. The number of amides is 1. The number of aryl methyl sites for hydroxylation is 1. The summed E-state index contributed by atoms with van der Waals surface area (Å²) in [6.45, 7) is 3.71. The first-order chi connectivity index (χ1) is 18.1. The summed E-state index contributed by atoms with van der Waals surface area (Å²) >= 11 is 0. The van der Waals surface area contributed by atoms with Crippen LogP contribution >= 0.6 is 0 Å². The largest absolute Gasteiger partial charge is 0.497 e. The van der Waals surface area contributed by atoms with Crippen molar-refractivity contribution in [2.45, 2.75) is 31.8 Å². The molecule has 0 radical (unpaired) electrons. The lowest BCUT2D eigenvalue weighted by molar-refractivity contribution is -0.136. The molecule has 1 aromatic heterocycles. The smallest absolute Gasteiger partial charge is 0.340 e. The highest BCUT2D eigenvalue weighted by Gasteiger charge is 2.37. The Morgan fingerprint density at radius 3 is 2.32 bits per heavy atom. The maximum absolute atomic E-state index is 13.4. The number of carbonyl (C=O) groups excluding carboxylic acids is 2. The molecule has 1 aliphatic rings. The van der Waals surface area contributed by atoms with E-state index >= 15 is 0 Å². The third kappa shape index (κ3) is 5.71. The molecule has 0 spiro atoms. The Bertz CT molecular complexity index is 1520. The molecule has 0 atom stereocenters. The fourth-order valence-corrected chi connectivity index (χ4v) is 5.00. The summed E-state index contributed by atoms with van der Waals surface area (Å²) in [6, 6.07) is 17.0. The Balaban J connectivity index is 1.54. The van der Waals surface area contributed by atoms with Gasteiger partial charge in [0.1, 0.15) is 17.3 Å². The van der Waals surface area contributed by atoms with Crippen molar-refractivity contribution in [3.8, 4) is 5.75 Å². The second-order valence-electron chi connectivity index (χ2n) is 8.69. The fraction of sp³-hybridized carbons (Fsp3) is 0.214. The molecule has 0 fully saturated rings. The summed E-state index contributed by atoms with van der Waals surface area (Å²) in [5.41, 5.74) is 2.53. The van der Waals surface area contributed by atoms with Gasteiger partial charge in [-0.3, -0.25) is 4.79 Å². The van der Waals surface area contributed by atoms with Crippen LogP contribution in [-0.4, -0.2) is 39.4 Å². The summed E-state index contributed by atoms with van der Waals surface area (Å²) in [5, 5.41) is 0. The molecule has 4 rings (SSSR count). The molecule has 1 amide bonds. The van der Waals surface area contributed by atoms with E-state index in [0.29, 0.717) is 23.0 Å². The molecule has 0 aliphatic carbocycles. The number of methoxy groups -OCH3 is 2. The maximum atomic E-state index is 13.4. The van der Waals surface area contributed by atoms with Gasteiger partial charge in [-0.25, -0.2) is 17.9 Å². The highest BCUT2D eigenvalue weighted by molar-refractivity contribution is 7.89. The van der Waals surface area contributed by atoms with Gasteiger partial charge in [0.25, 0.3) is 5.91 Å². The van der Waals surface area contributed by atoms with Crippen LogP contribution < -0.4 is 9.46 Å². The van der Waals surface area contributed by atoms with Crippen LogP contribution in [0.3, 0.4) is 0 Å². The molecule has 2 heterocycles. The molecule has 9 nitrogen and oxygen atoms in total. The molecular weight excluding hydrogens is 508 g/mol. The van der Waals surface area contributed by atoms with Crippen molar-refractivity contribution in [3.63, 3.8) is 0 Å². The molecule has 2 aromatic carbocycles. The molecule has 10 heteroatoms. The van der Waals surface area contributed by atoms with Crippen molar-refractivity contribution in [1.82, 2.24) is 9.62 Å². The number of nitrogens with one attached hydrogen (secondary N) is 1. The number of ether oxygens (including phenoxy) is 2. The van der Waals surface area contributed by atoms with Gasteiger partial charge in [0.15, 0.2) is 0 Å². The minimum absolute atomic E-state index is 0.0876. The molecule has 0 saturated carbocycles. The van der Waals surface area contributed by atoms with Gasteiger partial charge in [-0.1, -0.05) is 29.8 Å². The predicted molar refractivity (Wildman–Crippen MR) is 140 cm³/mol. The summed E-state index contributed by atoms with van der Waals surface area (Å²) in [7, 11) is -0.906. The van der Waals surface area contributed by atoms with Crippen molar-refractivity contribution < 1.29 is 31.9 Å². The first-order valence-corrected chi connectivity index (χ1v) is 13.2. The van der Waals surface area contributed by atoms with E-state index in [2.05, 4.69) is 4.72 Å². The van der Waals surface area contributed by atoms with Crippen LogP contribution in [0.4, 0.5) is 0 Å². The van der Waals surface area contributed by atoms with E-state index in [0.717, 1.165) is 11.1 Å². The number of sulfonamides is 1. The van der Waals surface area contributed by atoms with Crippen molar-refractivity contribution in [2.24, 2.45) is 0 Å². The first kappa shape index (κ1) is 26.9. The van der Waals surface area contributed by atoms with Crippen LogP contribution in [0.1, 0.15) is 29.6 Å². The molecule has 198 valence electrons. The van der Waals surface area contributed by atoms with E-state index in [1.807, 2.05) is 19.1 Å². The van der Waals surface area contributed by atoms with Gasteiger partial charge in [-0.2, -0.15) is 0 Å². The zero-order valence-corrected chi connectivity index (χ0v) is 22.3. The predicted octanol–water partition coefficient (Wildman–Crippen LogP) is 3.95. The number of benzene rings is 2. The fourth-order valence-electron chi connectivity index (χ4n) is 4.01. The van der Waals surface area contributed by atoms with Crippen LogP contribution in [0.15, 0.2) is 86.8 Å². The highest BCUT2D eigenvalue weighted by Crippen LogP contribution is 2.33. The van der Waals surface area contributed by atoms with Crippen LogP contribution in [-0.2, 0) is 37.4 Å². The molecule has 38 heavy (non-hydrogen) atoms. The van der Waals surface area contributed by atoms with Gasteiger partial charge in [0.05, 0.1) is 43.4 Å². The molecular formula is C28H28N2O7S. The Kier molecular flexibility index (Phi) is 7.84. The van der Waals surface area contributed by atoms with Crippen LogP contribution in [0, 0.1) is 6.92 Å². The number of hydrogen-bond acceptors (Lipinski definition) is 7. The van der Waals surface area contributed by atoms with Gasteiger partial charge in [-0.15, -0.1) is 0 Å². The lowest BCUT2D eigenvalue weighted by atomic mass is 10.1. The minimum Gasteiger partial charge on any atom is -0.497 e. The van der Waals surface area contributed by atoms with E-state index in [1.54, 1.807) is 50.4 Å². The number of allylic oxidation sites excluding steroid dienone is 1. The molecule has 0 saturated heterocycles. The van der Waals surface area contributed by atoms with Crippen molar-refractivity contribution in [2.75, 3.05) is 14.2 Å². The molecule has 0 bridgehead atoms. The molecule has 3 aromatic rings. The van der Waals surface area contributed by atoms with Gasteiger partial charge >= 0.3 is 5.97 Å². The summed E-state index contributed by atoms with van der Waals surface area (Å²) < 4.78 is 43.5. The zero-order chi connectivity index (χ0) is 27.4. The zero-order valence-electron chi connectivity index (χ0n) is 21.5. The van der Waals surface area contributed by atoms with Gasteiger partial charge in [0, 0.05) is 5.70 Å². The summed E-state index contributed by atoms with van der Waals surface area (Å²) in [5.74, 6) is 0.305. The minimum atomic E-state index is -3.73. The lowest BCUT2D eigenvalue weighted by Crippen LogP contribution is -2.24. The van der Waals surface area contributed by atoms with Gasteiger partial charge in [0.2, 0.25) is 10.0 Å². The van der Waals surface area contributed by atoms with Crippen molar-refractivity contribution in [3.05, 3.63) is 100 Å². The number of hydrogen-bond donors (Lipinski definition) is 1. The molecule has 0 unspecified atom stereocenters. The Hall–Kier alpha value is -4.15. The highest BCUT2D eigenvalue weighted by atomic mass is 32.2. The van der Waals surface area contributed by atoms with Gasteiger partial charge < -0.3 is 18.8 Å². The lowest BCUT2D eigenvalue weighted by Gasteiger charge is -2.18. The third-order valence-electron chi connectivity index (χ3n) is 6.14. The van der Waals surface area contributed by atoms with E-state index in [1.165, 1.54) is 30.2 Å². The van der Waals surface area contributed by atoms with Crippen LogP contribution in [0.25, 0.3) is 6.08 Å².